The Balaban J connectivity index is 1.93. The normalized spacial score (nSPS) is 16.0. The maximum Gasteiger partial charge on any atom is 0.321 e. The molecule has 2 amide bonds. The molecule has 0 bridgehead atoms. The van der Waals surface area contributed by atoms with Crippen LogP contribution in [0.15, 0.2) is 12.1 Å². The summed E-state index contributed by atoms with van der Waals surface area (Å²) in [7, 11) is 0. The van der Waals surface area contributed by atoms with Crippen molar-refractivity contribution < 1.29 is 25.2 Å². The van der Waals surface area contributed by atoms with Crippen LogP contribution in [0.4, 0.5) is 10.5 Å². The number of anilines is 1. The second-order valence-electron chi connectivity index (χ2n) is 4.85. The van der Waals surface area contributed by atoms with Crippen LogP contribution in [0.25, 0.3) is 0 Å². The molecule has 1 saturated heterocycles. The minimum atomic E-state index is -0.620. The van der Waals surface area contributed by atoms with Gasteiger partial charge in [0.2, 0.25) is 0 Å². The lowest BCUT2D eigenvalue weighted by atomic mass is 10.2. The fourth-order valence-electron chi connectivity index (χ4n) is 2.19. The van der Waals surface area contributed by atoms with Gasteiger partial charge in [0, 0.05) is 44.9 Å². The highest BCUT2D eigenvalue weighted by atomic mass is 16.3. The van der Waals surface area contributed by atoms with Crippen LogP contribution in [0.5, 0.6) is 17.2 Å². The van der Waals surface area contributed by atoms with Crippen LogP contribution in [0.3, 0.4) is 0 Å². The summed E-state index contributed by atoms with van der Waals surface area (Å²) in [6.45, 7) is 3.11. The molecule has 21 heavy (non-hydrogen) atoms. The summed E-state index contributed by atoms with van der Waals surface area (Å²) in [6, 6.07) is 1.98. The number of rotatable bonds is 3. The Morgan fingerprint density at radius 1 is 1.10 bits per heavy atom. The number of hydrogen-bond acceptors (Lipinski definition) is 6. The van der Waals surface area contributed by atoms with Crippen molar-refractivity contribution in [2.24, 2.45) is 0 Å². The van der Waals surface area contributed by atoms with E-state index in [4.69, 9.17) is 5.11 Å². The topological polar surface area (TPSA) is 116 Å². The Labute approximate surface area is 121 Å². The zero-order valence-electron chi connectivity index (χ0n) is 11.5. The highest BCUT2D eigenvalue weighted by Gasteiger charge is 2.21. The van der Waals surface area contributed by atoms with Crippen LogP contribution in [0, 0.1) is 0 Å². The second kappa shape index (κ2) is 6.51. The average Bonchev–Trinajstić information content (AvgIpc) is 2.45. The van der Waals surface area contributed by atoms with E-state index in [1.807, 2.05) is 0 Å². The number of hydrogen-bond donors (Lipinski definition) is 5. The second-order valence-corrected chi connectivity index (χ2v) is 4.85. The lowest BCUT2D eigenvalue weighted by molar-refractivity contribution is 0.127. The Hall–Kier alpha value is -2.19. The zero-order chi connectivity index (χ0) is 15.4. The number of carbonyl (C=O) groups excluding carboxylic acids is 1. The van der Waals surface area contributed by atoms with Crippen LogP contribution < -0.4 is 5.32 Å². The van der Waals surface area contributed by atoms with Crippen molar-refractivity contribution in [3.05, 3.63) is 12.1 Å². The summed E-state index contributed by atoms with van der Waals surface area (Å²) in [4.78, 5) is 15.7. The van der Waals surface area contributed by atoms with Crippen LogP contribution in [0.2, 0.25) is 0 Å². The monoisotopic (exact) mass is 297 g/mol. The van der Waals surface area contributed by atoms with Gasteiger partial charge in [-0.05, 0) is 0 Å². The molecule has 8 heteroatoms. The maximum atomic E-state index is 12.1. The highest BCUT2D eigenvalue weighted by molar-refractivity contribution is 5.90. The number of aromatic hydroxyl groups is 3. The van der Waals surface area contributed by atoms with E-state index in [1.165, 1.54) is 0 Å². The molecule has 5 N–H and O–H groups in total. The Bertz CT molecular complexity index is 492. The van der Waals surface area contributed by atoms with Crippen molar-refractivity contribution in [1.29, 1.82) is 0 Å². The van der Waals surface area contributed by atoms with Crippen LogP contribution in [0.1, 0.15) is 0 Å². The number of phenols is 3. The predicted molar refractivity (Wildman–Crippen MR) is 75.6 cm³/mol. The van der Waals surface area contributed by atoms with E-state index in [2.05, 4.69) is 10.2 Å². The standard InChI is InChI=1S/C13H19N3O5/c17-6-5-15-1-3-16(4-2-15)13(21)14-9-7-10(18)12(20)11(19)8-9/h7-8,17-20H,1-6H2,(H,14,21). The number of aliphatic hydroxyl groups is 1. The van der Waals surface area contributed by atoms with E-state index in [9.17, 15) is 20.1 Å². The lowest BCUT2D eigenvalue weighted by Gasteiger charge is -2.34. The molecule has 2 rings (SSSR count). The number of aliphatic hydroxyl groups excluding tert-OH is 1. The third-order valence-corrected chi connectivity index (χ3v) is 3.40. The SMILES string of the molecule is O=C(Nc1cc(O)c(O)c(O)c1)N1CCN(CCO)CC1. The van der Waals surface area contributed by atoms with Crippen LogP contribution >= 0.6 is 0 Å². The molecule has 0 aromatic heterocycles. The van der Waals surface area contributed by atoms with Gasteiger partial charge < -0.3 is 30.6 Å². The van der Waals surface area contributed by atoms with Crippen molar-refractivity contribution >= 4 is 11.7 Å². The van der Waals surface area contributed by atoms with E-state index in [0.29, 0.717) is 32.7 Å². The van der Waals surface area contributed by atoms with Gasteiger partial charge in [0.05, 0.1) is 12.3 Å². The molecule has 0 spiro atoms. The third kappa shape index (κ3) is 3.67. The molecule has 0 aliphatic carbocycles. The van der Waals surface area contributed by atoms with Gasteiger partial charge in [0.15, 0.2) is 17.2 Å². The molecular formula is C13H19N3O5. The summed E-state index contributed by atoms with van der Waals surface area (Å²) in [6.07, 6.45) is 0. The maximum absolute atomic E-state index is 12.1. The number of nitrogens with one attached hydrogen (secondary N) is 1. The smallest absolute Gasteiger partial charge is 0.321 e. The fourth-order valence-corrected chi connectivity index (χ4v) is 2.19. The average molecular weight is 297 g/mol. The molecule has 1 fully saturated rings. The number of nitrogens with zero attached hydrogens (tertiary/aromatic N) is 2. The molecule has 1 aliphatic heterocycles. The number of β-amino-alcohol motifs (C(OH)–C–C–N with tert-alkyl or cyclic N) is 1. The van der Waals surface area contributed by atoms with Crippen LogP contribution in [-0.2, 0) is 0 Å². The van der Waals surface area contributed by atoms with E-state index in [-0.39, 0.29) is 18.3 Å². The first kappa shape index (κ1) is 15.2. The Kier molecular flexibility index (Phi) is 4.71. The number of urea groups is 1. The Morgan fingerprint density at radius 3 is 2.19 bits per heavy atom. The largest absolute Gasteiger partial charge is 0.504 e. The van der Waals surface area contributed by atoms with Crippen LogP contribution in [-0.4, -0.2) is 75.6 Å². The number of phenolic OH excluding ortho intramolecular Hbond substituents is 3. The number of amides is 2. The molecular weight excluding hydrogens is 278 g/mol. The van der Waals surface area contributed by atoms with Gasteiger partial charge in [0.25, 0.3) is 0 Å². The first-order valence-corrected chi connectivity index (χ1v) is 6.65. The lowest BCUT2D eigenvalue weighted by Crippen LogP contribution is -2.50. The molecule has 1 aliphatic rings. The molecule has 0 unspecified atom stereocenters. The van der Waals surface area contributed by atoms with Gasteiger partial charge in [-0.25, -0.2) is 4.79 Å². The molecule has 116 valence electrons. The van der Waals surface area contributed by atoms with Crippen molar-refractivity contribution in [1.82, 2.24) is 9.80 Å². The summed E-state index contributed by atoms with van der Waals surface area (Å²) >= 11 is 0. The van der Waals surface area contributed by atoms with Crippen molar-refractivity contribution in [2.75, 3.05) is 44.6 Å². The van der Waals surface area contributed by atoms with Gasteiger partial charge in [-0.1, -0.05) is 0 Å². The zero-order valence-corrected chi connectivity index (χ0v) is 11.5. The number of carbonyl (C=O) groups is 1. The minimum absolute atomic E-state index is 0.0955. The van der Waals surface area contributed by atoms with E-state index < -0.39 is 17.2 Å². The van der Waals surface area contributed by atoms with Gasteiger partial charge in [-0.15, -0.1) is 0 Å². The first-order valence-electron chi connectivity index (χ1n) is 6.65. The number of benzene rings is 1. The molecule has 0 radical (unpaired) electrons. The van der Waals surface area contributed by atoms with Gasteiger partial charge in [-0.3, -0.25) is 4.90 Å². The molecule has 0 saturated carbocycles. The van der Waals surface area contributed by atoms with Crippen molar-refractivity contribution in [2.45, 2.75) is 0 Å². The van der Waals surface area contributed by atoms with E-state index in [0.717, 1.165) is 12.1 Å². The number of piperazine rings is 1. The Morgan fingerprint density at radius 2 is 1.67 bits per heavy atom. The molecule has 1 aromatic rings. The molecule has 1 heterocycles. The summed E-state index contributed by atoms with van der Waals surface area (Å²) in [5, 5.41) is 39.4. The fraction of sp³-hybridized carbons (Fsp3) is 0.462. The third-order valence-electron chi connectivity index (χ3n) is 3.40. The van der Waals surface area contributed by atoms with Gasteiger partial charge >= 0.3 is 6.03 Å². The first-order chi connectivity index (χ1) is 10.0. The van der Waals surface area contributed by atoms with Gasteiger partial charge in [-0.2, -0.15) is 0 Å². The summed E-state index contributed by atoms with van der Waals surface area (Å²) in [5.41, 5.74) is 0.200. The highest BCUT2D eigenvalue weighted by Crippen LogP contribution is 2.37. The molecule has 1 aromatic carbocycles. The quantitative estimate of drug-likeness (QED) is 0.394. The summed E-state index contributed by atoms with van der Waals surface area (Å²) in [5.74, 6) is -1.62. The van der Waals surface area contributed by atoms with Gasteiger partial charge in [0.1, 0.15) is 0 Å². The molecule has 0 atom stereocenters. The van der Waals surface area contributed by atoms with Crippen molar-refractivity contribution in [3.8, 4) is 17.2 Å². The van der Waals surface area contributed by atoms with E-state index >= 15 is 0 Å². The van der Waals surface area contributed by atoms with Crippen molar-refractivity contribution in [3.63, 3.8) is 0 Å². The van der Waals surface area contributed by atoms with E-state index in [1.54, 1.807) is 4.90 Å². The molecule has 8 nitrogen and oxygen atoms in total. The summed E-state index contributed by atoms with van der Waals surface area (Å²) < 4.78 is 0. The minimum Gasteiger partial charge on any atom is -0.504 e. The predicted octanol–water partition coefficient (Wildman–Crippen LogP) is -0.0548.